The van der Waals surface area contributed by atoms with Crippen LogP contribution in [0.15, 0.2) is 28.7 Å². The Morgan fingerprint density at radius 3 is 2.19 bits per heavy atom. The van der Waals surface area contributed by atoms with Crippen LogP contribution < -0.4 is 9.64 Å². The van der Waals surface area contributed by atoms with E-state index in [1.54, 1.807) is 0 Å². The summed E-state index contributed by atoms with van der Waals surface area (Å²) in [5.41, 5.74) is 0. The number of unbranched alkanes of at least 4 members (excludes halogenated alkanes) is 2. The maximum atomic E-state index is 10.2. The molecule has 0 saturated carbocycles. The van der Waals surface area contributed by atoms with Gasteiger partial charge < -0.3 is 14.7 Å². The highest BCUT2D eigenvalue weighted by Crippen LogP contribution is 2.16. The molecule has 120 valence electrons. The molecule has 0 radical (unpaired) electrons. The molecular weight excluding hydrogens is 330 g/mol. The normalized spacial score (nSPS) is 12.6. The topological polar surface area (TPSA) is 33.9 Å². The number of hydrogen-bond donors (Lipinski definition) is 2. The lowest BCUT2D eigenvalue weighted by Crippen LogP contribution is -3.13. The Morgan fingerprint density at radius 2 is 1.67 bits per heavy atom. The second-order valence-electron chi connectivity index (χ2n) is 5.58. The van der Waals surface area contributed by atoms with Gasteiger partial charge in [-0.1, -0.05) is 42.6 Å². The molecule has 0 bridgehead atoms. The van der Waals surface area contributed by atoms with Crippen molar-refractivity contribution in [2.24, 2.45) is 0 Å². The summed E-state index contributed by atoms with van der Waals surface area (Å²) in [5, 5.41) is 10.2. The predicted octanol–water partition coefficient (Wildman–Crippen LogP) is 2.67. The van der Waals surface area contributed by atoms with E-state index in [9.17, 15) is 5.11 Å². The lowest BCUT2D eigenvalue weighted by molar-refractivity contribution is -0.903. The summed E-state index contributed by atoms with van der Waals surface area (Å²) in [6.45, 7) is 7.85. The summed E-state index contributed by atoms with van der Waals surface area (Å²) in [4.78, 5) is 1.49. The summed E-state index contributed by atoms with van der Waals surface area (Å²) in [7, 11) is 0. The number of aliphatic hydroxyl groups excluding tert-OH is 1. The van der Waals surface area contributed by atoms with Crippen molar-refractivity contribution < 1.29 is 14.7 Å². The number of quaternary nitrogens is 1. The van der Waals surface area contributed by atoms with E-state index in [1.807, 2.05) is 24.3 Å². The van der Waals surface area contributed by atoms with Gasteiger partial charge in [-0.3, -0.25) is 0 Å². The average molecular weight is 359 g/mol. The predicted molar refractivity (Wildman–Crippen MR) is 91.0 cm³/mol. The Balaban J connectivity index is 2.34. The quantitative estimate of drug-likeness (QED) is 0.637. The summed E-state index contributed by atoms with van der Waals surface area (Å²) in [5.74, 6) is 0.806. The highest BCUT2D eigenvalue weighted by atomic mass is 79.9. The first-order valence-electron chi connectivity index (χ1n) is 8.05. The molecule has 0 amide bonds. The third kappa shape index (κ3) is 8.44. The summed E-state index contributed by atoms with van der Waals surface area (Å²) >= 11 is 3.40. The molecule has 0 aromatic heterocycles. The van der Waals surface area contributed by atoms with Crippen molar-refractivity contribution in [3.05, 3.63) is 28.7 Å². The van der Waals surface area contributed by atoms with Gasteiger partial charge in [0.1, 0.15) is 25.0 Å². The van der Waals surface area contributed by atoms with E-state index < -0.39 is 6.10 Å². The summed E-state index contributed by atoms with van der Waals surface area (Å²) < 4.78 is 6.68. The lowest BCUT2D eigenvalue weighted by Gasteiger charge is -2.22. The van der Waals surface area contributed by atoms with E-state index >= 15 is 0 Å². The van der Waals surface area contributed by atoms with Gasteiger partial charge in [0.15, 0.2) is 0 Å². The zero-order chi connectivity index (χ0) is 15.5. The van der Waals surface area contributed by atoms with Crippen LogP contribution in [0, 0.1) is 0 Å². The van der Waals surface area contributed by atoms with E-state index in [0.717, 1.165) is 29.9 Å². The van der Waals surface area contributed by atoms with Gasteiger partial charge in [-0.05, 0) is 37.1 Å². The Kier molecular flexibility index (Phi) is 9.72. The lowest BCUT2D eigenvalue weighted by atomic mass is 10.2. The van der Waals surface area contributed by atoms with E-state index in [2.05, 4.69) is 29.8 Å². The minimum absolute atomic E-state index is 0.364. The summed E-state index contributed by atoms with van der Waals surface area (Å²) in [6.07, 6.45) is 4.46. The third-order valence-corrected chi connectivity index (χ3v) is 4.08. The van der Waals surface area contributed by atoms with E-state index in [1.165, 1.54) is 30.6 Å². The SMILES string of the molecule is CCCC[NH+](CCCC)C[C@H](O)COc1ccc(Br)cc1. The third-order valence-electron chi connectivity index (χ3n) is 3.55. The number of hydrogen-bond acceptors (Lipinski definition) is 2. The average Bonchev–Trinajstić information content (AvgIpc) is 2.49. The maximum Gasteiger partial charge on any atom is 0.137 e. The van der Waals surface area contributed by atoms with Crippen LogP contribution in [0.5, 0.6) is 5.75 Å². The second kappa shape index (κ2) is 11.0. The molecule has 0 saturated heterocycles. The van der Waals surface area contributed by atoms with Gasteiger partial charge in [0.05, 0.1) is 13.1 Å². The Labute approximate surface area is 137 Å². The number of aliphatic hydroxyl groups is 1. The van der Waals surface area contributed by atoms with Crippen LogP contribution in [0.25, 0.3) is 0 Å². The van der Waals surface area contributed by atoms with Crippen molar-refractivity contribution in [1.29, 1.82) is 0 Å². The first-order valence-corrected chi connectivity index (χ1v) is 8.85. The first kappa shape index (κ1) is 18.5. The molecule has 4 heteroatoms. The van der Waals surface area contributed by atoms with Crippen molar-refractivity contribution in [3.63, 3.8) is 0 Å². The molecule has 3 nitrogen and oxygen atoms in total. The molecule has 1 aromatic carbocycles. The standard InChI is InChI=1S/C17H28BrNO2/c1-3-5-11-19(12-6-4-2)13-16(20)14-21-17-9-7-15(18)8-10-17/h7-10,16,20H,3-6,11-14H2,1-2H3/p+1/t16-/m0/s1. The zero-order valence-electron chi connectivity index (χ0n) is 13.3. The molecule has 0 aliphatic carbocycles. The van der Waals surface area contributed by atoms with Crippen LogP contribution in [0.3, 0.4) is 0 Å². The molecule has 0 aliphatic rings. The van der Waals surface area contributed by atoms with E-state index in [-0.39, 0.29) is 0 Å². The molecule has 1 atom stereocenters. The van der Waals surface area contributed by atoms with Crippen molar-refractivity contribution in [1.82, 2.24) is 0 Å². The highest BCUT2D eigenvalue weighted by molar-refractivity contribution is 9.10. The Morgan fingerprint density at radius 1 is 1.10 bits per heavy atom. The van der Waals surface area contributed by atoms with Gasteiger partial charge in [0.2, 0.25) is 0 Å². The maximum absolute atomic E-state index is 10.2. The number of rotatable bonds is 11. The summed E-state index contributed by atoms with van der Waals surface area (Å²) in [6, 6.07) is 7.72. The van der Waals surface area contributed by atoms with Crippen molar-refractivity contribution in [2.75, 3.05) is 26.2 Å². The van der Waals surface area contributed by atoms with Crippen LogP contribution in [-0.2, 0) is 0 Å². The number of nitrogens with one attached hydrogen (secondary N) is 1. The van der Waals surface area contributed by atoms with Gasteiger partial charge in [-0.15, -0.1) is 0 Å². The van der Waals surface area contributed by atoms with Gasteiger partial charge in [-0.2, -0.15) is 0 Å². The molecular formula is C17H29BrNO2+. The van der Waals surface area contributed by atoms with E-state index in [0.29, 0.717) is 6.61 Å². The minimum atomic E-state index is -0.405. The van der Waals surface area contributed by atoms with E-state index in [4.69, 9.17) is 4.74 Å². The van der Waals surface area contributed by atoms with Crippen LogP contribution >= 0.6 is 15.9 Å². The molecule has 1 rings (SSSR count). The number of ether oxygens (including phenoxy) is 1. The smallest absolute Gasteiger partial charge is 0.137 e. The van der Waals surface area contributed by atoms with Crippen molar-refractivity contribution >= 4 is 15.9 Å². The number of halogens is 1. The second-order valence-corrected chi connectivity index (χ2v) is 6.50. The molecule has 1 aromatic rings. The molecule has 0 fully saturated rings. The minimum Gasteiger partial charge on any atom is -0.491 e. The van der Waals surface area contributed by atoms with Gasteiger partial charge >= 0.3 is 0 Å². The highest BCUT2D eigenvalue weighted by Gasteiger charge is 2.15. The van der Waals surface area contributed by atoms with Crippen molar-refractivity contribution in [2.45, 2.75) is 45.6 Å². The molecule has 2 N–H and O–H groups in total. The van der Waals surface area contributed by atoms with Crippen LogP contribution in [-0.4, -0.2) is 37.5 Å². The Hall–Kier alpha value is -0.580. The van der Waals surface area contributed by atoms with Gasteiger partial charge in [0.25, 0.3) is 0 Å². The molecule has 0 heterocycles. The molecule has 0 spiro atoms. The molecule has 0 unspecified atom stereocenters. The Bertz CT molecular complexity index is 362. The molecule has 0 aliphatic heterocycles. The van der Waals surface area contributed by atoms with Crippen LogP contribution in [0.1, 0.15) is 39.5 Å². The van der Waals surface area contributed by atoms with Crippen molar-refractivity contribution in [3.8, 4) is 5.75 Å². The molecule has 21 heavy (non-hydrogen) atoms. The van der Waals surface area contributed by atoms with Gasteiger partial charge in [0, 0.05) is 4.47 Å². The fraction of sp³-hybridized carbons (Fsp3) is 0.647. The largest absolute Gasteiger partial charge is 0.491 e. The van der Waals surface area contributed by atoms with Gasteiger partial charge in [-0.25, -0.2) is 0 Å². The zero-order valence-corrected chi connectivity index (χ0v) is 14.9. The fourth-order valence-electron chi connectivity index (χ4n) is 2.30. The number of benzene rings is 1. The fourth-order valence-corrected chi connectivity index (χ4v) is 2.56. The monoisotopic (exact) mass is 358 g/mol. The van der Waals surface area contributed by atoms with Crippen LogP contribution in [0.4, 0.5) is 0 Å². The first-order chi connectivity index (χ1) is 10.2. The van der Waals surface area contributed by atoms with Crippen LogP contribution in [0.2, 0.25) is 0 Å².